The van der Waals surface area contributed by atoms with Crippen molar-refractivity contribution in [3.05, 3.63) is 95.6 Å². The van der Waals surface area contributed by atoms with Gasteiger partial charge in [-0.25, -0.2) is 4.99 Å². The lowest BCUT2D eigenvalue weighted by atomic mass is 9.94. The molecule has 0 N–H and O–H groups in total. The van der Waals surface area contributed by atoms with E-state index in [1.54, 1.807) is 26.5 Å². The van der Waals surface area contributed by atoms with Gasteiger partial charge in [-0.05, 0) is 51.0 Å². The van der Waals surface area contributed by atoms with Gasteiger partial charge in [-0.3, -0.25) is 19.0 Å². The number of aromatic nitrogens is 1. The van der Waals surface area contributed by atoms with Gasteiger partial charge in [0.05, 0.1) is 28.6 Å². The Hall–Kier alpha value is -3.49. The van der Waals surface area contributed by atoms with Crippen LogP contribution in [0.25, 0.3) is 5.57 Å². The van der Waals surface area contributed by atoms with Gasteiger partial charge < -0.3 is 9.80 Å². The van der Waals surface area contributed by atoms with E-state index in [2.05, 4.69) is 6.92 Å². The summed E-state index contributed by atoms with van der Waals surface area (Å²) >= 11 is 7.40. The number of fused-ring (bicyclic) bond motifs is 2. The average Bonchev–Trinajstić information content (AvgIpc) is 3.39. The number of para-hydroxylation sites is 1. The number of allylic oxidation sites excluding steroid dienone is 1. The molecule has 39 heavy (non-hydrogen) atoms. The summed E-state index contributed by atoms with van der Waals surface area (Å²) in [6.07, 6.45) is 1.81. The molecule has 2 aliphatic heterocycles. The second-order valence-electron chi connectivity index (χ2n) is 9.63. The van der Waals surface area contributed by atoms with Gasteiger partial charge in [-0.15, -0.1) is 0 Å². The SMILES string of the molecule is CCCCN1C(=O)/C(=c2\sc3n(c2=O)[C@H](c2ccc(Cl)cc2)C(C(=O)N(CC)CC)=C(C)N=3)c2ccccc21. The summed E-state index contributed by atoms with van der Waals surface area (Å²) in [4.78, 5) is 50.5. The molecule has 2 aliphatic rings. The van der Waals surface area contributed by atoms with Crippen LogP contribution in [0.2, 0.25) is 5.02 Å². The first-order chi connectivity index (χ1) is 18.8. The second-order valence-corrected chi connectivity index (χ2v) is 11.0. The van der Waals surface area contributed by atoms with Crippen molar-refractivity contribution in [3.63, 3.8) is 0 Å². The Balaban J connectivity index is 1.78. The number of unbranched alkanes of at least 4 members (excludes halogenated alkanes) is 1. The van der Waals surface area contributed by atoms with Crippen LogP contribution in [0.4, 0.5) is 5.69 Å². The molecule has 3 aromatic rings. The maximum atomic E-state index is 14.3. The summed E-state index contributed by atoms with van der Waals surface area (Å²) in [7, 11) is 0. The van der Waals surface area contributed by atoms with Gasteiger partial charge in [-0.1, -0.05) is 66.6 Å². The minimum Gasteiger partial charge on any atom is -0.339 e. The Morgan fingerprint density at radius 1 is 1.05 bits per heavy atom. The number of halogens is 1. The van der Waals surface area contributed by atoms with E-state index in [-0.39, 0.29) is 17.4 Å². The molecule has 3 heterocycles. The Kier molecular flexibility index (Phi) is 7.60. The zero-order chi connectivity index (χ0) is 27.8. The average molecular weight is 563 g/mol. The molecule has 2 aromatic carbocycles. The fraction of sp³-hybridized carbons (Fsp3) is 0.333. The number of hydrogen-bond acceptors (Lipinski definition) is 5. The number of thiazole rings is 1. The molecule has 7 nitrogen and oxygen atoms in total. The Morgan fingerprint density at radius 3 is 2.41 bits per heavy atom. The summed E-state index contributed by atoms with van der Waals surface area (Å²) < 4.78 is 1.92. The predicted octanol–water partition coefficient (Wildman–Crippen LogP) is 4.27. The molecule has 202 valence electrons. The fourth-order valence-corrected chi connectivity index (χ4v) is 6.59. The monoisotopic (exact) mass is 562 g/mol. The van der Waals surface area contributed by atoms with Crippen LogP contribution in [0.3, 0.4) is 0 Å². The van der Waals surface area contributed by atoms with Crippen LogP contribution in [0.1, 0.15) is 57.7 Å². The number of carbonyl (C=O) groups excluding carboxylic acids is 2. The zero-order valence-electron chi connectivity index (χ0n) is 22.5. The van der Waals surface area contributed by atoms with Crippen LogP contribution in [-0.4, -0.2) is 40.9 Å². The zero-order valence-corrected chi connectivity index (χ0v) is 24.1. The van der Waals surface area contributed by atoms with E-state index in [0.717, 1.165) is 29.7 Å². The van der Waals surface area contributed by atoms with Crippen molar-refractivity contribution in [3.8, 4) is 0 Å². The number of nitrogens with zero attached hydrogens (tertiary/aromatic N) is 4. The number of rotatable bonds is 7. The van der Waals surface area contributed by atoms with E-state index in [1.165, 1.54) is 11.3 Å². The van der Waals surface area contributed by atoms with Crippen molar-refractivity contribution in [1.29, 1.82) is 0 Å². The van der Waals surface area contributed by atoms with E-state index in [9.17, 15) is 14.4 Å². The van der Waals surface area contributed by atoms with Crippen molar-refractivity contribution in [2.75, 3.05) is 24.5 Å². The van der Waals surface area contributed by atoms with E-state index in [4.69, 9.17) is 16.6 Å². The van der Waals surface area contributed by atoms with Crippen LogP contribution in [0.5, 0.6) is 0 Å². The minimum absolute atomic E-state index is 0.160. The highest BCUT2D eigenvalue weighted by Crippen LogP contribution is 2.36. The Labute approximate surface area is 236 Å². The topological polar surface area (TPSA) is 75.0 Å². The van der Waals surface area contributed by atoms with Gasteiger partial charge in [0.1, 0.15) is 4.53 Å². The highest BCUT2D eigenvalue weighted by atomic mass is 35.5. The second kappa shape index (κ2) is 10.9. The third-order valence-corrected chi connectivity index (χ3v) is 8.65. The van der Waals surface area contributed by atoms with Gasteiger partial charge in [0.2, 0.25) is 0 Å². The molecule has 5 rings (SSSR count). The lowest BCUT2D eigenvalue weighted by Crippen LogP contribution is -2.43. The van der Waals surface area contributed by atoms with Crippen LogP contribution in [0, 0.1) is 0 Å². The van der Waals surface area contributed by atoms with E-state index >= 15 is 0 Å². The molecule has 0 radical (unpaired) electrons. The van der Waals surface area contributed by atoms with E-state index in [0.29, 0.717) is 50.8 Å². The van der Waals surface area contributed by atoms with Gasteiger partial charge in [0.15, 0.2) is 4.80 Å². The summed E-state index contributed by atoms with van der Waals surface area (Å²) in [5.74, 6) is -0.333. The van der Waals surface area contributed by atoms with Crippen LogP contribution in [-0.2, 0) is 9.59 Å². The molecule has 0 saturated heterocycles. The number of hydrogen-bond donors (Lipinski definition) is 0. The number of benzene rings is 2. The van der Waals surface area contributed by atoms with Gasteiger partial charge in [0, 0.05) is 30.2 Å². The third-order valence-electron chi connectivity index (χ3n) is 7.35. The molecule has 9 heteroatoms. The molecule has 1 atom stereocenters. The van der Waals surface area contributed by atoms with Crippen molar-refractivity contribution in [1.82, 2.24) is 9.47 Å². The molecule has 0 saturated carbocycles. The van der Waals surface area contributed by atoms with E-state index < -0.39 is 6.04 Å². The van der Waals surface area contributed by atoms with Crippen molar-refractivity contribution in [2.24, 2.45) is 4.99 Å². The summed E-state index contributed by atoms with van der Waals surface area (Å²) in [6, 6.07) is 14.1. The smallest absolute Gasteiger partial charge is 0.271 e. The maximum absolute atomic E-state index is 14.3. The number of anilines is 1. The normalized spacial score (nSPS) is 17.7. The number of amides is 2. The molecular formula is C30H31ClN4O3S. The first kappa shape index (κ1) is 27.1. The highest BCUT2D eigenvalue weighted by Gasteiger charge is 2.37. The highest BCUT2D eigenvalue weighted by molar-refractivity contribution is 7.07. The predicted molar refractivity (Wildman–Crippen MR) is 156 cm³/mol. The number of likely N-dealkylation sites (N-methyl/N-ethyl adjacent to an activating group) is 1. The molecule has 0 spiro atoms. The first-order valence-corrected chi connectivity index (χ1v) is 14.5. The molecule has 0 aliphatic carbocycles. The molecule has 2 amide bonds. The largest absolute Gasteiger partial charge is 0.339 e. The minimum atomic E-state index is -0.691. The van der Waals surface area contributed by atoms with Gasteiger partial charge >= 0.3 is 0 Å². The summed E-state index contributed by atoms with van der Waals surface area (Å²) in [6.45, 7) is 9.41. The van der Waals surface area contributed by atoms with Crippen molar-refractivity contribution in [2.45, 2.75) is 46.6 Å². The van der Waals surface area contributed by atoms with Crippen molar-refractivity contribution >= 4 is 46.0 Å². The van der Waals surface area contributed by atoms with Crippen LogP contribution < -0.4 is 19.8 Å². The standard InChI is InChI=1S/C30H31ClN4O3S/c1-5-8-17-34-22-12-10-9-11-21(22)24(28(34)37)26-29(38)35-25(19-13-15-20(31)16-14-19)23(18(4)32-30(35)39-26)27(36)33(6-2)7-3/h9-16,25H,5-8,17H2,1-4H3/b26-24-/t25-/m1/s1. The molecule has 0 unspecified atom stereocenters. The first-order valence-electron chi connectivity index (χ1n) is 13.3. The lowest BCUT2D eigenvalue weighted by molar-refractivity contribution is -0.127. The number of carbonyl (C=O) groups is 2. The van der Waals surface area contributed by atoms with E-state index in [1.807, 2.05) is 57.2 Å². The van der Waals surface area contributed by atoms with Gasteiger partial charge in [0.25, 0.3) is 17.4 Å². The van der Waals surface area contributed by atoms with Gasteiger partial charge in [-0.2, -0.15) is 0 Å². The maximum Gasteiger partial charge on any atom is 0.271 e. The Bertz CT molecular complexity index is 1670. The third kappa shape index (κ3) is 4.55. The van der Waals surface area contributed by atoms with Crippen molar-refractivity contribution < 1.29 is 9.59 Å². The molecule has 1 aromatic heterocycles. The summed E-state index contributed by atoms with van der Waals surface area (Å²) in [5.41, 5.74) is 3.41. The quantitative estimate of drug-likeness (QED) is 0.431. The lowest BCUT2D eigenvalue weighted by Gasteiger charge is -2.29. The molecule has 0 bridgehead atoms. The van der Waals surface area contributed by atoms with Crippen LogP contribution in [0.15, 0.2) is 69.6 Å². The summed E-state index contributed by atoms with van der Waals surface area (Å²) in [5, 5.41) is 0.561. The molecule has 0 fully saturated rings. The molecular weight excluding hydrogens is 532 g/mol. The fourth-order valence-electron chi connectivity index (χ4n) is 5.32. The van der Waals surface area contributed by atoms with Crippen LogP contribution >= 0.6 is 22.9 Å². The Morgan fingerprint density at radius 2 is 1.74 bits per heavy atom.